The summed E-state index contributed by atoms with van der Waals surface area (Å²) in [6.45, 7) is 2.79. The number of hydrogen-bond donors (Lipinski definition) is 2. The van der Waals surface area contributed by atoms with Crippen LogP contribution in [-0.2, 0) is 6.42 Å². The van der Waals surface area contributed by atoms with Gasteiger partial charge in [-0.2, -0.15) is 0 Å². The lowest BCUT2D eigenvalue weighted by molar-refractivity contribution is 0.102. The molecule has 0 fully saturated rings. The van der Waals surface area contributed by atoms with E-state index < -0.39 is 0 Å². The van der Waals surface area contributed by atoms with Gasteiger partial charge in [0.15, 0.2) is 0 Å². The van der Waals surface area contributed by atoms with Crippen molar-refractivity contribution in [3.8, 4) is 5.75 Å². The Morgan fingerprint density at radius 2 is 1.89 bits per heavy atom. The van der Waals surface area contributed by atoms with Crippen LogP contribution in [0.5, 0.6) is 5.75 Å². The van der Waals surface area contributed by atoms with E-state index in [2.05, 4.69) is 39.9 Å². The molecule has 1 heterocycles. The number of methoxy groups -OCH3 is 1. The van der Waals surface area contributed by atoms with Crippen molar-refractivity contribution in [3.63, 3.8) is 0 Å². The number of carbonyl (C=O) groups excluding carboxylic acids is 1. The number of nitrogens with zero attached hydrogens (tertiary/aromatic N) is 1. The summed E-state index contributed by atoms with van der Waals surface area (Å²) in [4.78, 5) is 16.8. The van der Waals surface area contributed by atoms with E-state index in [1.54, 1.807) is 19.4 Å². The van der Waals surface area contributed by atoms with Crippen LogP contribution in [0.15, 0.2) is 66.9 Å². The summed E-state index contributed by atoms with van der Waals surface area (Å²) in [5.41, 5.74) is 3.52. The summed E-state index contributed by atoms with van der Waals surface area (Å²) >= 11 is 0. The second-order valence-electron chi connectivity index (χ2n) is 6.61. The Hall–Kier alpha value is -3.34. The first-order valence-electron chi connectivity index (χ1n) is 9.35. The van der Waals surface area contributed by atoms with E-state index in [9.17, 15) is 4.79 Å². The number of hydrogen-bond acceptors (Lipinski definition) is 4. The highest BCUT2D eigenvalue weighted by Gasteiger charge is 2.10. The van der Waals surface area contributed by atoms with Crippen molar-refractivity contribution in [2.45, 2.75) is 19.8 Å². The van der Waals surface area contributed by atoms with Gasteiger partial charge in [0.25, 0.3) is 5.91 Å². The molecule has 5 nitrogen and oxygen atoms in total. The quantitative estimate of drug-likeness (QED) is 0.561. The molecule has 0 saturated heterocycles. The number of benzene rings is 2. The topological polar surface area (TPSA) is 63.2 Å². The molecular formula is C23H25N3O2. The number of aryl methyl sites for hydroxylation is 2. The van der Waals surface area contributed by atoms with Crippen LogP contribution in [0.4, 0.5) is 11.5 Å². The SMILES string of the molecule is COc1ccc(C)cc1NC(=O)c1ccc(NCCCc2ccccc2)nc1. The van der Waals surface area contributed by atoms with E-state index in [4.69, 9.17) is 4.74 Å². The van der Waals surface area contributed by atoms with E-state index in [0.29, 0.717) is 17.0 Å². The number of ether oxygens (including phenoxy) is 1. The summed E-state index contributed by atoms with van der Waals surface area (Å²) in [6.07, 6.45) is 3.62. The van der Waals surface area contributed by atoms with Crippen molar-refractivity contribution in [1.82, 2.24) is 4.98 Å². The molecule has 1 amide bonds. The van der Waals surface area contributed by atoms with Gasteiger partial charge in [0.2, 0.25) is 0 Å². The van der Waals surface area contributed by atoms with Gasteiger partial charge >= 0.3 is 0 Å². The highest BCUT2D eigenvalue weighted by molar-refractivity contribution is 6.05. The van der Waals surface area contributed by atoms with Gasteiger partial charge in [0.1, 0.15) is 11.6 Å². The Morgan fingerprint density at radius 3 is 2.61 bits per heavy atom. The van der Waals surface area contributed by atoms with Crippen molar-refractivity contribution in [3.05, 3.63) is 83.6 Å². The first-order valence-corrected chi connectivity index (χ1v) is 9.35. The van der Waals surface area contributed by atoms with Gasteiger partial charge < -0.3 is 15.4 Å². The number of pyridine rings is 1. The van der Waals surface area contributed by atoms with E-state index >= 15 is 0 Å². The number of anilines is 2. The molecule has 1 aromatic heterocycles. The summed E-state index contributed by atoms with van der Waals surface area (Å²) in [5, 5.41) is 6.18. The Kier molecular flexibility index (Phi) is 6.63. The Labute approximate surface area is 165 Å². The van der Waals surface area contributed by atoms with Crippen LogP contribution in [0.3, 0.4) is 0 Å². The van der Waals surface area contributed by atoms with E-state index in [1.807, 2.05) is 37.3 Å². The highest BCUT2D eigenvalue weighted by atomic mass is 16.5. The van der Waals surface area contributed by atoms with Crippen molar-refractivity contribution in [2.24, 2.45) is 0 Å². The molecule has 0 saturated carbocycles. The fourth-order valence-corrected chi connectivity index (χ4v) is 2.90. The molecule has 144 valence electrons. The average Bonchev–Trinajstić information content (AvgIpc) is 2.72. The lowest BCUT2D eigenvalue weighted by Gasteiger charge is -2.11. The number of aromatic nitrogens is 1. The van der Waals surface area contributed by atoms with Gasteiger partial charge in [-0.1, -0.05) is 36.4 Å². The summed E-state index contributed by atoms with van der Waals surface area (Å²) in [6, 6.07) is 19.7. The van der Waals surface area contributed by atoms with Gasteiger partial charge in [0.05, 0.1) is 18.4 Å². The first-order chi connectivity index (χ1) is 13.7. The summed E-state index contributed by atoms with van der Waals surface area (Å²) in [7, 11) is 1.58. The minimum Gasteiger partial charge on any atom is -0.495 e. The van der Waals surface area contributed by atoms with Crippen molar-refractivity contribution in [2.75, 3.05) is 24.3 Å². The molecule has 2 N–H and O–H groups in total. The smallest absolute Gasteiger partial charge is 0.257 e. The van der Waals surface area contributed by atoms with Crippen LogP contribution in [-0.4, -0.2) is 24.5 Å². The molecule has 0 spiro atoms. The number of rotatable bonds is 8. The van der Waals surface area contributed by atoms with Crippen LogP contribution in [0.2, 0.25) is 0 Å². The summed E-state index contributed by atoms with van der Waals surface area (Å²) in [5.74, 6) is 1.17. The van der Waals surface area contributed by atoms with Crippen molar-refractivity contribution >= 4 is 17.4 Å². The predicted molar refractivity (Wildman–Crippen MR) is 113 cm³/mol. The number of amides is 1. The van der Waals surface area contributed by atoms with Gasteiger partial charge in [0, 0.05) is 12.7 Å². The van der Waals surface area contributed by atoms with E-state index in [-0.39, 0.29) is 5.91 Å². The molecule has 3 aromatic rings. The lowest BCUT2D eigenvalue weighted by atomic mass is 10.1. The van der Waals surface area contributed by atoms with Crippen LogP contribution in [0, 0.1) is 6.92 Å². The molecule has 0 bridgehead atoms. The van der Waals surface area contributed by atoms with Crippen LogP contribution in [0.25, 0.3) is 0 Å². The minimum absolute atomic E-state index is 0.216. The minimum atomic E-state index is -0.216. The zero-order chi connectivity index (χ0) is 19.8. The first kappa shape index (κ1) is 19.4. The third kappa shape index (κ3) is 5.33. The Morgan fingerprint density at radius 1 is 1.07 bits per heavy atom. The Bertz CT molecular complexity index is 909. The third-order valence-corrected chi connectivity index (χ3v) is 4.42. The molecule has 28 heavy (non-hydrogen) atoms. The van der Waals surface area contributed by atoms with E-state index in [0.717, 1.165) is 30.8 Å². The van der Waals surface area contributed by atoms with Gasteiger partial charge in [-0.3, -0.25) is 4.79 Å². The maximum Gasteiger partial charge on any atom is 0.257 e. The molecule has 2 aromatic carbocycles. The molecule has 0 aliphatic heterocycles. The number of nitrogens with one attached hydrogen (secondary N) is 2. The highest BCUT2D eigenvalue weighted by Crippen LogP contribution is 2.25. The van der Waals surface area contributed by atoms with Crippen molar-refractivity contribution < 1.29 is 9.53 Å². The molecule has 3 rings (SSSR count). The molecule has 0 atom stereocenters. The zero-order valence-corrected chi connectivity index (χ0v) is 16.2. The molecule has 0 aliphatic carbocycles. The van der Waals surface area contributed by atoms with Gasteiger partial charge in [-0.05, 0) is 55.2 Å². The largest absolute Gasteiger partial charge is 0.495 e. The molecule has 0 aliphatic rings. The Balaban J connectivity index is 1.52. The van der Waals surface area contributed by atoms with E-state index in [1.165, 1.54) is 5.56 Å². The predicted octanol–water partition coefficient (Wildman–Crippen LogP) is 4.70. The summed E-state index contributed by atoms with van der Waals surface area (Å²) < 4.78 is 5.30. The fraction of sp³-hybridized carbons (Fsp3) is 0.217. The number of carbonyl (C=O) groups is 1. The standard InChI is InChI=1S/C23H25N3O2/c1-17-10-12-21(28-2)20(15-17)26-23(27)19-11-13-22(25-16-19)24-14-6-9-18-7-4-3-5-8-18/h3-5,7-8,10-13,15-16H,6,9,14H2,1-2H3,(H,24,25)(H,26,27). The average molecular weight is 375 g/mol. The lowest BCUT2D eigenvalue weighted by Crippen LogP contribution is -2.13. The van der Waals surface area contributed by atoms with Gasteiger partial charge in [-0.15, -0.1) is 0 Å². The van der Waals surface area contributed by atoms with Crippen LogP contribution < -0.4 is 15.4 Å². The molecular weight excluding hydrogens is 350 g/mol. The normalized spacial score (nSPS) is 10.4. The maximum absolute atomic E-state index is 12.5. The van der Waals surface area contributed by atoms with Gasteiger partial charge in [-0.25, -0.2) is 4.98 Å². The van der Waals surface area contributed by atoms with Crippen LogP contribution in [0.1, 0.15) is 27.9 Å². The zero-order valence-electron chi connectivity index (χ0n) is 16.2. The molecule has 0 radical (unpaired) electrons. The monoisotopic (exact) mass is 375 g/mol. The molecule has 0 unspecified atom stereocenters. The third-order valence-electron chi connectivity index (χ3n) is 4.42. The second kappa shape index (κ2) is 9.55. The second-order valence-corrected chi connectivity index (χ2v) is 6.61. The maximum atomic E-state index is 12.5. The molecule has 5 heteroatoms. The van der Waals surface area contributed by atoms with Crippen molar-refractivity contribution in [1.29, 1.82) is 0 Å². The van der Waals surface area contributed by atoms with Crippen LogP contribution >= 0.6 is 0 Å². The fourth-order valence-electron chi connectivity index (χ4n) is 2.90.